The van der Waals surface area contributed by atoms with E-state index in [1.165, 1.54) is 6.21 Å². The van der Waals surface area contributed by atoms with Gasteiger partial charge in [-0.1, -0.05) is 48.0 Å². The summed E-state index contributed by atoms with van der Waals surface area (Å²) in [7, 11) is 0. The summed E-state index contributed by atoms with van der Waals surface area (Å²) in [6, 6.07) is 21.5. The Labute approximate surface area is 165 Å². The molecule has 5 nitrogen and oxygen atoms in total. The van der Waals surface area contributed by atoms with Gasteiger partial charge >= 0.3 is 0 Å². The van der Waals surface area contributed by atoms with Crippen LogP contribution in [0.5, 0.6) is 5.75 Å². The molecule has 4 rings (SSSR count). The van der Waals surface area contributed by atoms with Crippen molar-refractivity contribution in [1.82, 2.24) is 5.43 Å². The predicted octanol–water partition coefficient (Wildman–Crippen LogP) is 5.22. The van der Waals surface area contributed by atoms with Gasteiger partial charge in [0.2, 0.25) is 0 Å². The second-order valence-electron chi connectivity index (χ2n) is 6.10. The minimum Gasteiger partial charge on any atom is -0.507 e. The van der Waals surface area contributed by atoms with Crippen LogP contribution in [0.2, 0.25) is 5.02 Å². The van der Waals surface area contributed by atoms with E-state index in [9.17, 15) is 9.90 Å². The third-order valence-electron chi connectivity index (χ3n) is 4.23. The number of nitrogens with one attached hydrogen (secondary N) is 1. The number of halogens is 1. The van der Waals surface area contributed by atoms with Crippen LogP contribution in [-0.2, 0) is 0 Å². The van der Waals surface area contributed by atoms with E-state index >= 15 is 0 Å². The largest absolute Gasteiger partial charge is 0.507 e. The Morgan fingerprint density at radius 1 is 1.00 bits per heavy atom. The monoisotopic (exact) mass is 390 g/mol. The second kappa shape index (κ2) is 7.58. The molecule has 0 spiro atoms. The van der Waals surface area contributed by atoms with Crippen molar-refractivity contribution in [1.29, 1.82) is 0 Å². The molecule has 138 valence electrons. The van der Waals surface area contributed by atoms with E-state index in [1.807, 2.05) is 42.5 Å². The molecule has 0 saturated heterocycles. The Morgan fingerprint density at radius 3 is 2.50 bits per heavy atom. The number of fused-ring (bicyclic) bond motifs is 1. The van der Waals surface area contributed by atoms with E-state index in [1.54, 1.807) is 30.3 Å². The molecule has 0 aliphatic carbocycles. The molecule has 28 heavy (non-hydrogen) atoms. The highest BCUT2D eigenvalue weighted by Gasteiger charge is 2.12. The van der Waals surface area contributed by atoms with E-state index in [0.717, 1.165) is 16.3 Å². The molecule has 3 aromatic carbocycles. The molecular weight excluding hydrogens is 376 g/mol. The summed E-state index contributed by atoms with van der Waals surface area (Å²) >= 11 is 6.16. The van der Waals surface area contributed by atoms with Gasteiger partial charge in [-0.25, -0.2) is 5.43 Å². The molecule has 0 unspecified atom stereocenters. The van der Waals surface area contributed by atoms with Crippen LogP contribution in [0.3, 0.4) is 0 Å². The standard InChI is InChI=1S/C22H15ClN2O3/c23-19-8-4-3-7-17(19)21-10-9-16(28-21)13-24-25-22(27)18-11-14-5-1-2-6-15(14)12-20(18)26/h1-13,26H,(H,25,27)/b24-13+. The number of phenolic OH excluding ortho intramolecular Hbond substituents is 1. The van der Waals surface area contributed by atoms with Crippen LogP contribution in [0.25, 0.3) is 22.1 Å². The van der Waals surface area contributed by atoms with E-state index in [0.29, 0.717) is 16.5 Å². The van der Waals surface area contributed by atoms with E-state index in [4.69, 9.17) is 16.0 Å². The molecular formula is C22H15ClN2O3. The van der Waals surface area contributed by atoms with Crippen LogP contribution in [0.1, 0.15) is 16.1 Å². The third kappa shape index (κ3) is 3.61. The predicted molar refractivity (Wildman–Crippen MR) is 110 cm³/mol. The number of carbonyl (C=O) groups excluding carboxylic acids is 1. The van der Waals surface area contributed by atoms with Crippen molar-refractivity contribution in [2.75, 3.05) is 0 Å². The van der Waals surface area contributed by atoms with E-state index < -0.39 is 5.91 Å². The minimum atomic E-state index is -0.516. The molecule has 0 radical (unpaired) electrons. The van der Waals surface area contributed by atoms with Gasteiger partial charge in [0.1, 0.15) is 17.3 Å². The summed E-state index contributed by atoms with van der Waals surface area (Å²) in [6.45, 7) is 0. The summed E-state index contributed by atoms with van der Waals surface area (Å²) in [5, 5.41) is 16.3. The summed E-state index contributed by atoms with van der Waals surface area (Å²) in [5.74, 6) is 0.436. The maximum absolute atomic E-state index is 12.3. The molecule has 1 aromatic heterocycles. The molecule has 1 amide bonds. The van der Waals surface area contributed by atoms with Crippen molar-refractivity contribution in [3.63, 3.8) is 0 Å². The first-order valence-electron chi connectivity index (χ1n) is 8.52. The van der Waals surface area contributed by atoms with Gasteiger partial charge in [-0.2, -0.15) is 5.10 Å². The van der Waals surface area contributed by atoms with Crippen LogP contribution in [0, 0.1) is 0 Å². The van der Waals surface area contributed by atoms with Crippen LogP contribution < -0.4 is 5.43 Å². The van der Waals surface area contributed by atoms with Gasteiger partial charge in [-0.15, -0.1) is 0 Å². The molecule has 2 N–H and O–H groups in total. The summed E-state index contributed by atoms with van der Waals surface area (Å²) in [5.41, 5.74) is 3.32. The van der Waals surface area contributed by atoms with E-state index in [-0.39, 0.29) is 11.3 Å². The summed E-state index contributed by atoms with van der Waals surface area (Å²) in [4.78, 5) is 12.3. The Bertz CT molecular complexity index is 1200. The molecule has 0 aliphatic rings. The maximum atomic E-state index is 12.3. The Morgan fingerprint density at radius 2 is 1.71 bits per heavy atom. The average Bonchev–Trinajstić information content (AvgIpc) is 3.16. The zero-order valence-corrected chi connectivity index (χ0v) is 15.4. The molecule has 0 fully saturated rings. The molecule has 0 aliphatic heterocycles. The van der Waals surface area contributed by atoms with Gasteiger partial charge in [0, 0.05) is 5.56 Å². The zero-order chi connectivity index (χ0) is 19.5. The summed E-state index contributed by atoms with van der Waals surface area (Å²) < 4.78 is 5.69. The Hall–Kier alpha value is -3.57. The number of hydrogen-bond donors (Lipinski definition) is 2. The first-order chi connectivity index (χ1) is 13.6. The van der Waals surface area contributed by atoms with Crippen molar-refractivity contribution >= 4 is 34.5 Å². The Balaban J connectivity index is 1.49. The number of furan rings is 1. The first-order valence-corrected chi connectivity index (χ1v) is 8.89. The van der Waals surface area contributed by atoms with Crippen LogP contribution in [0.4, 0.5) is 0 Å². The lowest BCUT2D eigenvalue weighted by molar-refractivity contribution is 0.0952. The number of benzene rings is 3. The molecule has 1 heterocycles. The Kier molecular flexibility index (Phi) is 4.83. The highest BCUT2D eigenvalue weighted by Crippen LogP contribution is 2.28. The quantitative estimate of drug-likeness (QED) is 0.370. The van der Waals surface area contributed by atoms with Gasteiger partial charge in [-0.05, 0) is 47.2 Å². The van der Waals surface area contributed by atoms with Crippen LogP contribution in [0.15, 0.2) is 82.3 Å². The molecule has 6 heteroatoms. The number of nitrogens with zero attached hydrogens (tertiary/aromatic N) is 1. The fourth-order valence-corrected chi connectivity index (χ4v) is 3.08. The molecule has 0 bridgehead atoms. The number of carbonyl (C=O) groups is 1. The number of hydrazone groups is 1. The minimum absolute atomic E-state index is 0.106. The highest BCUT2D eigenvalue weighted by molar-refractivity contribution is 6.33. The number of phenols is 1. The fourth-order valence-electron chi connectivity index (χ4n) is 2.85. The van der Waals surface area contributed by atoms with Crippen LogP contribution >= 0.6 is 11.6 Å². The zero-order valence-electron chi connectivity index (χ0n) is 14.6. The van der Waals surface area contributed by atoms with E-state index in [2.05, 4.69) is 10.5 Å². The lowest BCUT2D eigenvalue weighted by Crippen LogP contribution is -2.17. The van der Waals surface area contributed by atoms with Gasteiger partial charge < -0.3 is 9.52 Å². The van der Waals surface area contributed by atoms with Gasteiger partial charge in [-0.3, -0.25) is 4.79 Å². The van der Waals surface area contributed by atoms with Gasteiger partial charge in [0.05, 0.1) is 16.8 Å². The van der Waals surface area contributed by atoms with Gasteiger partial charge in [0.25, 0.3) is 5.91 Å². The van der Waals surface area contributed by atoms with Crippen molar-refractivity contribution in [3.05, 3.63) is 89.1 Å². The smallest absolute Gasteiger partial charge is 0.275 e. The van der Waals surface area contributed by atoms with Crippen molar-refractivity contribution < 1.29 is 14.3 Å². The third-order valence-corrected chi connectivity index (χ3v) is 4.56. The number of rotatable bonds is 4. The fraction of sp³-hybridized carbons (Fsp3) is 0. The van der Waals surface area contributed by atoms with Crippen molar-refractivity contribution in [3.8, 4) is 17.1 Å². The van der Waals surface area contributed by atoms with Crippen molar-refractivity contribution in [2.24, 2.45) is 5.10 Å². The maximum Gasteiger partial charge on any atom is 0.275 e. The summed E-state index contributed by atoms with van der Waals surface area (Å²) in [6.07, 6.45) is 1.39. The highest BCUT2D eigenvalue weighted by atomic mass is 35.5. The second-order valence-corrected chi connectivity index (χ2v) is 6.50. The average molecular weight is 391 g/mol. The lowest BCUT2D eigenvalue weighted by Gasteiger charge is -2.05. The topological polar surface area (TPSA) is 74.8 Å². The SMILES string of the molecule is O=C(N/N=C/c1ccc(-c2ccccc2Cl)o1)c1cc2ccccc2cc1O. The normalized spacial score (nSPS) is 11.2. The number of hydrogen-bond acceptors (Lipinski definition) is 4. The molecule has 4 aromatic rings. The van der Waals surface area contributed by atoms with Crippen molar-refractivity contribution in [2.45, 2.75) is 0 Å². The van der Waals surface area contributed by atoms with Gasteiger partial charge in [0.15, 0.2) is 0 Å². The number of aromatic hydroxyl groups is 1. The first kappa shape index (κ1) is 17.8. The van der Waals surface area contributed by atoms with Crippen LogP contribution in [-0.4, -0.2) is 17.2 Å². The molecule has 0 saturated carbocycles. The lowest BCUT2D eigenvalue weighted by atomic mass is 10.1. The molecule has 0 atom stereocenters. The number of amides is 1.